The van der Waals surface area contributed by atoms with Gasteiger partial charge in [-0.15, -0.1) is 0 Å². The molecule has 0 fully saturated rings. The molecule has 1 aromatic rings. The van der Waals surface area contributed by atoms with E-state index in [0.29, 0.717) is 0 Å². The van der Waals surface area contributed by atoms with Crippen molar-refractivity contribution in [3.8, 4) is 0 Å². The van der Waals surface area contributed by atoms with Crippen LogP contribution in [0.1, 0.15) is 11.1 Å². The van der Waals surface area contributed by atoms with Crippen LogP contribution in [-0.2, 0) is 31.0 Å². The molecule has 0 bridgehead atoms. The van der Waals surface area contributed by atoms with Gasteiger partial charge in [-0.1, -0.05) is 36.4 Å². The molecule has 1 aliphatic carbocycles. The first kappa shape index (κ1) is 19.3. The molecule has 2 rings (SSSR count). The Labute approximate surface area is 98.8 Å². The molecular weight excluding hydrogens is 236 g/mol. The third-order valence-electron chi connectivity index (χ3n) is 1.44. The zero-order valence-electron chi connectivity index (χ0n) is 7.54. The third kappa shape index (κ3) is 6.73. The standard InChI is InChI=1S/C8H6.3CO.Fe/c1-2-4-8-6-5-7(8)3-1;3*1-2;/h1-6H;;;;. The van der Waals surface area contributed by atoms with E-state index in [1.165, 1.54) is 11.1 Å². The Morgan fingerprint density at radius 2 is 0.933 bits per heavy atom. The van der Waals surface area contributed by atoms with Gasteiger partial charge in [0, 0.05) is 17.1 Å². The van der Waals surface area contributed by atoms with Crippen molar-refractivity contribution < 1.29 is 31.0 Å². The molecule has 3 nitrogen and oxygen atoms in total. The van der Waals surface area contributed by atoms with E-state index in [9.17, 15) is 0 Å². The summed E-state index contributed by atoms with van der Waals surface area (Å²) >= 11 is 0. The van der Waals surface area contributed by atoms with Crippen LogP contribution >= 0.6 is 0 Å². The van der Waals surface area contributed by atoms with Crippen molar-refractivity contribution in [2.45, 2.75) is 0 Å². The Morgan fingerprint density at radius 1 is 0.667 bits per heavy atom. The van der Waals surface area contributed by atoms with Crippen LogP contribution in [0.15, 0.2) is 24.3 Å². The van der Waals surface area contributed by atoms with Gasteiger partial charge in [-0.25, -0.2) is 0 Å². The molecule has 1 aliphatic rings. The molecule has 4 heteroatoms. The number of benzene rings is 1. The van der Waals surface area contributed by atoms with Gasteiger partial charge in [-0.3, -0.25) is 0 Å². The fourth-order valence-electron chi connectivity index (χ4n) is 0.898. The number of fused-ring (bicyclic) bond motifs is 1. The molecule has 76 valence electrons. The van der Waals surface area contributed by atoms with Crippen molar-refractivity contribution in [1.82, 2.24) is 0 Å². The predicted molar refractivity (Wildman–Crippen MR) is 47.2 cm³/mol. The maximum absolute atomic E-state index is 7.50. The van der Waals surface area contributed by atoms with Crippen molar-refractivity contribution in [1.29, 1.82) is 0 Å². The first-order valence-corrected chi connectivity index (χ1v) is 3.35. The normalized spacial score (nSPS) is 7.07. The molecular formula is C11H6FeO3. The van der Waals surface area contributed by atoms with Gasteiger partial charge in [0.05, 0.1) is 0 Å². The zero-order valence-corrected chi connectivity index (χ0v) is 8.65. The molecule has 0 amide bonds. The molecule has 1 aromatic carbocycles. The summed E-state index contributed by atoms with van der Waals surface area (Å²) in [6, 6.07) is 8.36. The minimum absolute atomic E-state index is 0. The topological polar surface area (TPSA) is 59.7 Å². The molecule has 0 spiro atoms. The maximum Gasteiger partial charge on any atom is 0 e. The number of rotatable bonds is 0. The van der Waals surface area contributed by atoms with Crippen LogP contribution in [0.2, 0.25) is 0 Å². The molecule has 0 aromatic heterocycles. The van der Waals surface area contributed by atoms with Gasteiger partial charge in [0.1, 0.15) is 0 Å². The fourth-order valence-corrected chi connectivity index (χ4v) is 0.898. The molecule has 0 unspecified atom stereocenters. The first-order valence-electron chi connectivity index (χ1n) is 3.35. The van der Waals surface area contributed by atoms with Gasteiger partial charge in [0.2, 0.25) is 0 Å². The van der Waals surface area contributed by atoms with Gasteiger partial charge in [0.15, 0.2) is 0 Å². The monoisotopic (exact) mass is 242 g/mol. The second-order valence-corrected chi connectivity index (χ2v) is 1.96. The van der Waals surface area contributed by atoms with Crippen LogP contribution in [0.4, 0.5) is 0 Å². The van der Waals surface area contributed by atoms with Crippen LogP contribution in [-0.4, -0.2) is 0 Å². The van der Waals surface area contributed by atoms with Crippen LogP contribution < -0.4 is 0 Å². The molecule has 0 heterocycles. The van der Waals surface area contributed by atoms with E-state index in [1.54, 1.807) is 0 Å². The van der Waals surface area contributed by atoms with E-state index in [1.807, 2.05) is 0 Å². The van der Waals surface area contributed by atoms with Gasteiger partial charge in [-0.2, -0.15) is 0 Å². The van der Waals surface area contributed by atoms with E-state index >= 15 is 0 Å². The maximum atomic E-state index is 7.50. The molecule has 0 saturated carbocycles. The SMILES string of the molecule is C1=Cc2ccccc21.[C-]#[O+].[C-]#[O+].[C-]#[O+].[Fe]. The van der Waals surface area contributed by atoms with E-state index < -0.39 is 0 Å². The minimum atomic E-state index is 0. The zero-order chi connectivity index (χ0) is 11.4. The summed E-state index contributed by atoms with van der Waals surface area (Å²) in [5.74, 6) is 0. The summed E-state index contributed by atoms with van der Waals surface area (Å²) in [5.41, 5.74) is 2.74. The summed E-state index contributed by atoms with van der Waals surface area (Å²) in [6.07, 6.45) is 4.24. The molecule has 15 heavy (non-hydrogen) atoms. The largest absolute Gasteiger partial charge is 0 e. The Morgan fingerprint density at radius 3 is 1.07 bits per heavy atom. The Hall–Kier alpha value is -1.30. The van der Waals surface area contributed by atoms with E-state index in [-0.39, 0.29) is 17.1 Å². The molecule has 0 atom stereocenters. The summed E-state index contributed by atoms with van der Waals surface area (Å²) in [6.45, 7) is 13.5. The molecule has 0 N–H and O–H groups in total. The van der Waals surface area contributed by atoms with E-state index in [4.69, 9.17) is 14.0 Å². The molecule has 0 saturated heterocycles. The second kappa shape index (κ2) is 15.2. The number of hydrogen-bond donors (Lipinski definition) is 0. The van der Waals surface area contributed by atoms with Crippen molar-refractivity contribution in [2.75, 3.05) is 0 Å². The second-order valence-electron chi connectivity index (χ2n) is 1.96. The van der Waals surface area contributed by atoms with Crippen molar-refractivity contribution >= 4 is 12.2 Å². The predicted octanol–water partition coefficient (Wildman–Crippen LogP) is 2.06. The average molecular weight is 242 g/mol. The fraction of sp³-hybridized carbons (Fsp3) is 0. The molecule has 0 radical (unpaired) electrons. The summed E-state index contributed by atoms with van der Waals surface area (Å²) < 4.78 is 22.5. The van der Waals surface area contributed by atoms with Crippen molar-refractivity contribution in [3.63, 3.8) is 0 Å². The van der Waals surface area contributed by atoms with E-state index in [0.717, 1.165) is 0 Å². The smallest absolute Gasteiger partial charge is 0 e. The average Bonchev–Trinajstić information content (AvgIpc) is 2.29. The van der Waals surface area contributed by atoms with E-state index in [2.05, 4.69) is 56.4 Å². The van der Waals surface area contributed by atoms with Gasteiger partial charge >= 0.3 is 33.9 Å². The van der Waals surface area contributed by atoms with Gasteiger partial charge in [0.25, 0.3) is 0 Å². The Kier molecular flexibility index (Phi) is 19.5. The van der Waals surface area contributed by atoms with Crippen LogP contribution in [0.3, 0.4) is 0 Å². The third-order valence-corrected chi connectivity index (χ3v) is 1.44. The van der Waals surface area contributed by atoms with Crippen LogP contribution in [0.5, 0.6) is 0 Å². The summed E-state index contributed by atoms with van der Waals surface area (Å²) in [5, 5.41) is 0. The Balaban J connectivity index is -0.000000182. The minimum Gasteiger partial charge on any atom is 0 e. The summed E-state index contributed by atoms with van der Waals surface area (Å²) in [7, 11) is 0. The Bertz CT molecular complexity index is 311. The van der Waals surface area contributed by atoms with Gasteiger partial charge < -0.3 is 0 Å². The first-order chi connectivity index (χ1) is 6.97. The van der Waals surface area contributed by atoms with Crippen LogP contribution in [0, 0.1) is 20.0 Å². The van der Waals surface area contributed by atoms with Crippen LogP contribution in [0.25, 0.3) is 12.2 Å². The van der Waals surface area contributed by atoms with Gasteiger partial charge in [-0.05, 0) is 11.1 Å². The quantitative estimate of drug-likeness (QED) is 0.385. The van der Waals surface area contributed by atoms with Crippen molar-refractivity contribution in [2.24, 2.45) is 0 Å². The molecule has 0 aliphatic heterocycles. The number of hydrogen-bond acceptors (Lipinski definition) is 0. The summed E-state index contributed by atoms with van der Waals surface area (Å²) in [4.78, 5) is 0. The van der Waals surface area contributed by atoms with Crippen molar-refractivity contribution in [3.05, 3.63) is 55.3 Å².